The highest BCUT2D eigenvalue weighted by Gasteiger charge is 2.29. The third-order valence-electron chi connectivity index (χ3n) is 7.83. The molecule has 3 aromatic carbocycles. The number of rotatable bonds is 13. The molecule has 47 heavy (non-hydrogen) atoms. The van der Waals surface area contributed by atoms with Crippen molar-refractivity contribution in [2.45, 2.75) is 25.6 Å². The van der Waals surface area contributed by atoms with Gasteiger partial charge in [0.25, 0.3) is 12.3 Å². The maximum atomic E-state index is 14.5. The summed E-state index contributed by atoms with van der Waals surface area (Å²) in [5.41, 5.74) is 1.85. The SMILES string of the molecule is COc1ccc(CNC[C@H]2CN(c3c(NC(=O)c4ccn(CC(F)F)n4)ccc(Oc4ccccc4F)c3Cl)CCN2C)cc1OC. The molecule has 1 fully saturated rings. The normalized spacial score (nSPS) is 15.1. The summed E-state index contributed by atoms with van der Waals surface area (Å²) < 4.78 is 57.8. The number of nitrogens with zero attached hydrogens (tertiary/aromatic N) is 4. The lowest BCUT2D eigenvalue weighted by Gasteiger charge is -2.41. The van der Waals surface area contributed by atoms with Crippen molar-refractivity contribution in [2.75, 3.05) is 57.7 Å². The summed E-state index contributed by atoms with van der Waals surface area (Å²) in [6.07, 6.45) is -1.29. The average molecular weight is 673 g/mol. The Balaban J connectivity index is 1.38. The van der Waals surface area contributed by atoms with Crippen molar-refractivity contribution in [3.8, 4) is 23.0 Å². The Hall–Kier alpha value is -4.46. The number of anilines is 2. The lowest BCUT2D eigenvalue weighted by atomic mass is 10.1. The van der Waals surface area contributed by atoms with E-state index in [9.17, 15) is 18.0 Å². The minimum atomic E-state index is -2.61. The van der Waals surface area contributed by atoms with Crippen LogP contribution >= 0.6 is 11.6 Å². The molecule has 0 unspecified atom stereocenters. The first-order chi connectivity index (χ1) is 22.7. The third-order valence-corrected chi connectivity index (χ3v) is 8.20. The van der Waals surface area contributed by atoms with E-state index in [2.05, 4.69) is 20.6 Å². The molecule has 1 aliphatic rings. The summed E-state index contributed by atoms with van der Waals surface area (Å²) in [4.78, 5) is 17.5. The van der Waals surface area contributed by atoms with Gasteiger partial charge in [0.1, 0.15) is 17.3 Å². The lowest BCUT2D eigenvalue weighted by Crippen LogP contribution is -2.55. The van der Waals surface area contributed by atoms with Gasteiger partial charge in [0.15, 0.2) is 28.8 Å². The van der Waals surface area contributed by atoms with Crippen molar-refractivity contribution >= 4 is 28.9 Å². The van der Waals surface area contributed by atoms with Gasteiger partial charge < -0.3 is 29.7 Å². The Morgan fingerprint density at radius 3 is 2.53 bits per heavy atom. The Bertz CT molecular complexity index is 1690. The summed E-state index contributed by atoms with van der Waals surface area (Å²) in [5, 5.41) is 10.5. The number of carbonyl (C=O) groups excluding carboxylic acids is 1. The Morgan fingerprint density at radius 1 is 1.02 bits per heavy atom. The predicted molar refractivity (Wildman–Crippen MR) is 174 cm³/mol. The number of nitrogens with one attached hydrogen (secondary N) is 2. The van der Waals surface area contributed by atoms with E-state index in [4.69, 9.17) is 25.8 Å². The number of amides is 1. The van der Waals surface area contributed by atoms with Crippen LogP contribution in [-0.2, 0) is 13.1 Å². The van der Waals surface area contributed by atoms with Gasteiger partial charge in [-0.2, -0.15) is 5.10 Å². The second-order valence-corrected chi connectivity index (χ2v) is 11.4. The summed E-state index contributed by atoms with van der Waals surface area (Å²) in [5.74, 6) is 0.351. The van der Waals surface area contributed by atoms with E-state index in [0.717, 1.165) is 10.2 Å². The highest BCUT2D eigenvalue weighted by Crippen LogP contribution is 2.43. The molecule has 0 saturated carbocycles. The fourth-order valence-electron chi connectivity index (χ4n) is 5.34. The number of piperazine rings is 1. The molecular weight excluding hydrogens is 637 g/mol. The Kier molecular flexibility index (Phi) is 11.1. The molecule has 0 spiro atoms. The van der Waals surface area contributed by atoms with Crippen LogP contribution in [-0.4, -0.2) is 80.5 Å². The largest absolute Gasteiger partial charge is 0.493 e. The third kappa shape index (κ3) is 8.28. The van der Waals surface area contributed by atoms with Crippen LogP contribution in [0.25, 0.3) is 0 Å². The molecule has 1 aromatic heterocycles. The van der Waals surface area contributed by atoms with Crippen LogP contribution in [0.4, 0.5) is 24.5 Å². The van der Waals surface area contributed by atoms with Gasteiger partial charge in [-0.25, -0.2) is 13.2 Å². The standard InChI is InChI=1S/C33H36ClF3N6O4/c1-41-14-15-42(19-22(41)18-38-17-21-8-10-27(45-2)29(16-21)46-3)32-24(39-33(44)25-12-13-43(40-25)20-30(36)37)9-11-28(31(32)34)47-26-7-5-4-6-23(26)35/h4-13,16,22,30,38H,14-15,17-20H2,1-3H3,(H,39,44)/t22-/m0/s1. The molecule has 1 amide bonds. The van der Waals surface area contributed by atoms with Crippen LogP contribution in [0.2, 0.25) is 5.02 Å². The second kappa shape index (κ2) is 15.4. The van der Waals surface area contributed by atoms with E-state index in [1.54, 1.807) is 38.5 Å². The van der Waals surface area contributed by atoms with Crippen molar-refractivity contribution in [3.05, 3.63) is 89.0 Å². The molecule has 2 N–H and O–H groups in total. The number of aromatic nitrogens is 2. The molecule has 5 rings (SSSR count). The van der Waals surface area contributed by atoms with Crippen LogP contribution < -0.4 is 29.7 Å². The molecular formula is C33H36ClF3N6O4. The van der Waals surface area contributed by atoms with Crippen LogP contribution in [0, 0.1) is 5.82 Å². The fourth-order valence-corrected chi connectivity index (χ4v) is 5.66. The highest BCUT2D eigenvalue weighted by molar-refractivity contribution is 6.35. The first-order valence-electron chi connectivity index (χ1n) is 14.9. The molecule has 14 heteroatoms. The van der Waals surface area contributed by atoms with Gasteiger partial charge in [-0.3, -0.25) is 14.4 Å². The van der Waals surface area contributed by atoms with Gasteiger partial charge in [-0.1, -0.05) is 29.8 Å². The zero-order chi connectivity index (χ0) is 33.5. The minimum absolute atomic E-state index is 0.00248. The van der Waals surface area contributed by atoms with E-state index < -0.39 is 24.7 Å². The zero-order valence-corrected chi connectivity index (χ0v) is 26.9. The summed E-state index contributed by atoms with van der Waals surface area (Å²) in [6.45, 7) is 2.38. The number of alkyl halides is 2. The Morgan fingerprint density at radius 2 is 1.79 bits per heavy atom. The van der Waals surface area contributed by atoms with Gasteiger partial charge in [-0.15, -0.1) is 0 Å². The van der Waals surface area contributed by atoms with Crippen molar-refractivity contribution in [1.82, 2.24) is 20.0 Å². The van der Waals surface area contributed by atoms with Crippen LogP contribution in [0.5, 0.6) is 23.0 Å². The highest BCUT2D eigenvalue weighted by atomic mass is 35.5. The molecule has 4 aromatic rings. The van der Waals surface area contributed by atoms with Gasteiger partial charge in [-0.05, 0) is 55.1 Å². The molecule has 250 valence electrons. The van der Waals surface area contributed by atoms with Gasteiger partial charge >= 0.3 is 0 Å². The number of hydrogen-bond acceptors (Lipinski definition) is 8. The average Bonchev–Trinajstić information content (AvgIpc) is 3.52. The van der Waals surface area contributed by atoms with Crippen molar-refractivity contribution in [1.29, 1.82) is 0 Å². The number of hydrogen-bond donors (Lipinski definition) is 2. The van der Waals surface area contributed by atoms with E-state index in [1.807, 2.05) is 30.1 Å². The predicted octanol–water partition coefficient (Wildman–Crippen LogP) is 5.91. The fraction of sp³-hybridized carbons (Fsp3) is 0.333. The van der Waals surface area contributed by atoms with Gasteiger partial charge in [0.2, 0.25) is 0 Å². The molecule has 0 aliphatic carbocycles. The minimum Gasteiger partial charge on any atom is -0.493 e. The second-order valence-electron chi connectivity index (χ2n) is 11.0. The zero-order valence-electron chi connectivity index (χ0n) is 26.2. The van der Waals surface area contributed by atoms with E-state index in [1.165, 1.54) is 24.4 Å². The smallest absolute Gasteiger partial charge is 0.276 e. The Labute approximate surface area is 276 Å². The number of methoxy groups -OCH3 is 2. The monoisotopic (exact) mass is 672 g/mol. The number of carbonyl (C=O) groups is 1. The summed E-state index contributed by atoms with van der Waals surface area (Å²) >= 11 is 6.97. The summed E-state index contributed by atoms with van der Waals surface area (Å²) in [6, 6.07) is 16.3. The number of likely N-dealkylation sites (N-methyl/N-ethyl adjacent to an activating group) is 1. The number of para-hydroxylation sites is 1. The molecule has 1 aliphatic heterocycles. The number of benzene rings is 3. The van der Waals surface area contributed by atoms with Gasteiger partial charge in [0.05, 0.1) is 25.6 Å². The van der Waals surface area contributed by atoms with E-state index in [-0.39, 0.29) is 28.3 Å². The molecule has 2 heterocycles. The summed E-state index contributed by atoms with van der Waals surface area (Å²) in [7, 11) is 5.23. The number of ether oxygens (including phenoxy) is 3. The first-order valence-corrected chi connectivity index (χ1v) is 15.3. The van der Waals surface area contributed by atoms with Crippen LogP contribution in [0.3, 0.4) is 0 Å². The molecule has 0 radical (unpaired) electrons. The maximum absolute atomic E-state index is 14.5. The lowest BCUT2D eigenvalue weighted by molar-refractivity contribution is 0.101. The quantitative estimate of drug-likeness (QED) is 0.181. The molecule has 0 bridgehead atoms. The van der Waals surface area contributed by atoms with Crippen LogP contribution in [0.15, 0.2) is 66.9 Å². The topological polar surface area (TPSA) is 93.1 Å². The molecule has 1 saturated heterocycles. The molecule has 10 nitrogen and oxygen atoms in total. The first kappa shape index (κ1) is 33.9. The van der Waals surface area contributed by atoms with Crippen molar-refractivity contribution < 1.29 is 32.2 Å². The molecule has 1 atom stereocenters. The van der Waals surface area contributed by atoms with E-state index >= 15 is 0 Å². The van der Waals surface area contributed by atoms with Crippen molar-refractivity contribution in [3.63, 3.8) is 0 Å². The van der Waals surface area contributed by atoms with Crippen LogP contribution in [0.1, 0.15) is 16.1 Å². The van der Waals surface area contributed by atoms with Gasteiger partial charge in [0, 0.05) is 45.0 Å². The van der Waals surface area contributed by atoms with E-state index in [0.29, 0.717) is 55.6 Å². The number of halogens is 4. The maximum Gasteiger partial charge on any atom is 0.276 e. The van der Waals surface area contributed by atoms with Crippen molar-refractivity contribution in [2.24, 2.45) is 0 Å².